The van der Waals surface area contributed by atoms with Crippen molar-refractivity contribution in [2.24, 2.45) is 9.50 Å². The molecule has 2 rings (SSSR count). The number of nitrogens with two attached hydrogens (primary N) is 1. The van der Waals surface area contributed by atoms with Crippen molar-refractivity contribution in [2.75, 3.05) is 14.1 Å². The van der Waals surface area contributed by atoms with Crippen molar-refractivity contribution < 1.29 is 9.00 Å². The summed E-state index contributed by atoms with van der Waals surface area (Å²) in [5, 5.41) is 15.3. The number of benzene rings is 2. The summed E-state index contributed by atoms with van der Waals surface area (Å²) in [6.07, 6.45) is -0.000359. The molecule has 33 heavy (non-hydrogen) atoms. The Bertz CT molecular complexity index is 1080. The summed E-state index contributed by atoms with van der Waals surface area (Å²) in [7, 11) is 0.588. The van der Waals surface area contributed by atoms with E-state index in [2.05, 4.69) is 10.4 Å². The normalized spacial score (nSPS) is 12.5. The first-order valence-corrected chi connectivity index (χ1v) is 11.9. The molecule has 9 heteroatoms. The summed E-state index contributed by atoms with van der Waals surface area (Å²) in [6, 6.07) is 12.9. The molecule has 1 amide bonds. The summed E-state index contributed by atoms with van der Waals surface area (Å²) in [5.41, 5.74) is 4.33. The van der Waals surface area contributed by atoms with Gasteiger partial charge in [-0.15, -0.1) is 4.36 Å². The van der Waals surface area contributed by atoms with E-state index in [0.717, 1.165) is 28.8 Å². The molecule has 0 aliphatic carbocycles. The number of nitrogens with zero attached hydrogens (tertiary/aromatic N) is 3. The number of carbonyl (C=O) groups is 1. The molecule has 182 valence electrons. The fourth-order valence-corrected chi connectivity index (χ4v) is 4.56. The van der Waals surface area contributed by atoms with Crippen LogP contribution in [0, 0.1) is 11.3 Å². The van der Waals surface area contributed by atoms with Gasteiger partial charge in [0.25, 0.3) is 5.91 Å². The fraction of sp³-hybridized carbons (Fsp3) is 0.417. The van der Waals surface area contributed by atoms with Crippen LogP contribution in [0.2, 0.25) is 0 Å². The van der Waals surface area contributed by atoms with Crippen LogP contribution in [0.4, 0.5) is 0 Å². The zero-order chi connectivity index (χ0) is 23.3. The van der Waals surface area contributed by atoms with Gasteiger partial charge in [-0.05, 0) is 72.5 Å². The summed E-state index contributed by atoms with van der Waals surface area (Å²) >= 11 is 0. The lowest BCUT2D eigenvalue weighted by atomic mass is 9.85. The van der Waals surface area contributed by atoms with E-state index in [-0.39, 0.29) is 45.2 Å². The van der Waals surface area contributed by atoms with E-state index >= 15 is 0 Å². The third-order valence-corrected chi connectivity index (χ3v) is 6.44. The molecule has 0 bridgehead atoms. The van der Waals surface area contributed by atoms with Crippen LogP contribution in [0.15, 0.2) is 45.7 Å². The summed E-state index contributed by atoms with van der Waals surface area (Å²) in [5.74, 6) is -0.279. The van der Waals surface area contributed by atoms with E-state index in [1.54, 1.807) is 12.1 Å². The number of hydrogen-bond donors (Lipinski definition) is 1. The molecule has 0 saturated carbocycles. The highest BCUT2D eigenvalue weighted by molar-refractivity contribution is 7.91. The fourth-order valence-electron chi connectivity index (χ4n) is 3.56. The highest BCUT2D eigenvalue weighted by atomic mass is 32.2. The first-order chi connectivity index (χ1) is 14.4. The van der Waals surface area contributed by atoms with Crippen molar-refractivity contribution in [1.82, 2.24) is 4.90 Å². The molecule has 0 fully saturated rings. The van der Waals surface area contributed by atoms with Crippen LogP contribution in [-0.2, 0) is 27.7 Å². The van der Waals surface area contributed by atoms with E-state index in [4.69, 9.17) is 5.14 Å². The molecule has 2 N–H and O–H groups in total. The monoisotopic (exact) mass is 508 g/mol. The molecule has 0 radical (unpaired) electrons. The second kappa shape index (κ2) is 13.2. The van der Waals surface area contributed by atoms with E-state index in [9.17, 15) is 14.3 Å². The molecule has 0 heterocycles. The minimum atomic E-state index is -3.34. The second-order valence-electron chi connectivity index (χ2n) is 8.67. The molecule has 0 aliphatic rings. The number of rotatable bonds is 7. The molecule has 2 aromatic rings. The topological polar surface area (TPSA) is 99.5 Å². The lowest BCUT2D eigenvalue weighted by Gasteiger charge is -2.19. The van der Waals surface area contributed by atoms with Gasteiger partial charge in [0.1, 0.15) is 9.92 Å². The van der Waals surface area contributed by atoms with Crippen molar-refractivity contribution in [3.05, 3.63) is 64.2 Å². The Hall–Kier alpha value is -1.83. The first kappa shape index (κ1) is 31.2. The maximum absolute atomic E-state index is 13.0. The molecule has 0 saturated heterocycles. The number of hydrogen-bond acceptors (Lipinski definition) is 4. The van der Waals surface area contributed by atoms with Crippen molar-refractivity contribution >= 4 is 42.8 Å². The summed E-state index contributed by atoms with van der Waals surface area (Å²) < 4.78 is 16.9. The highest BCUT2D eigenvalue weighted by Crippen LogP contribution is 2.30. The van der Waals surface area contributed by atoms with Crippen molar-refractivity contribution in [3.8, 4) is 6.07 Å². The van der Waals surface area contributed by atoms with E-state index < -0.39 is 15.8 Å². The van der Waals surface area contributed by atoms with Crippen LogP contribution in [0.3, 0.4) is 0 Å². The van der Waals surface area contributed by atoms with Gasteiger partial charge in [-0.3, -0.25) is 4.79 Å². The van der Waals surface area contributed by atoms with Gasteiger partial charge in [0, 0.05) is 6.54 Å². The minimum Gasteiger partial charge on any atom is -0.305 e. The third-order valence-electron chi connectivity index (χ3n) is 5.02. The maximum atomic E-state index is 13.0. The van der Waals surface area contributed by atoms with Crippen LogP contribution in [0.1, 0.15) is 67.3 Å². The molecule has 0 aromatic heterocycles. The van der Waals surface area contributed by atoms with Crippen LogP contribution < -0.4 is 5.14 Å². The van der Waals surface area contributed by atoms with E-state index in [1.165, 1.54) is 0 Å². The number of amides is 1. The van der Waals surface area contributed by atoms with Gasteiger partial charge in [0.2, 0.25) is 0 Å². The molecular weight excluding hydrogens is 472 g/mol. The SMILES string of the molecule is CC(C)c1cc(C#N)cc(C(C)C)c1CC(=O)N=S(N)(=O)c1ccc(CN(C)C)cc1.S.S. The summed E-state index contributed by atoms with van der Waals surface area (Å²) in [6.45, 7) is 8.83. The number of nitriles is 1. The predicted octanol–water partition coefficient (Wildman–Crippen LogP) is 4.56. The maximum Gasteiger partial charge on any atom is 0.259 e. The first-order valence-electron chi connectivity index (χ1n) is 10.3. The van der Waals surface area contributed by atoms with E-state index in [0.29, 0.717) is 10.5 Å². The average molecular weight is 509 g/mol. The van der Waals surface area contributed by atoms with Gasteiger partial charge in [-0.25, -0.2) is 9.35 Å². The summed E-state index contributed by atoms with van der Waals surface area (Å²) in [4.78, 5) is 15.2. The molecule has 6 nitrogen and oxygen atoms in total. The lowest BCUT2D eigenvalue weighted by Crippen LogP contribution is -2.17. The Kier molecular flexibility index (Phi) is 12.4. The molecule has 1 unspecified atom stereocenters. The van der Waals surface area contributed by atoms with Crippen molar-refractivity contribution in [2.45, 2.75) is 57.4 Å². The smallest absolute Gasteiger partial charge is 0.259 e. The van der Waals surface area contributed by atoms with Crippen LogP contribution in [0.25, 0.3) is 0 Å². The second-order valence-corrected chi connectivity index (χ2v) is 10.5. The molecule has 0 aliphatic heterocycles. The Morgan fingerprint density at radius 3 is 1.94 bits per heavy atom. The van der Waals surface area contributed by atoms with Gasteiger partial charge in [-0.2, -0.15) is 32.3 Å². The van der Waals surface area contributed by atoms with Crippen molar-refractivity contribution in [1.29, 1.82) is 5.26 Å². The standard InChI is InChI=1S/C24H32N4O2S.2H2S/c1-16(2)21-11-19(14-25)12-22(17(3)4)23(21)13-24(29)27-31(26,30)20-9-7-18(8-10-20)15-28(5)6;;/h7-12,16-17H,13,15H2,1-6H3,(H2,26,27,29,30);2*1H2. The Morgan fingerprint density at radius 2 is 1.55 bits per heavy atom. The van der Waals surface area contributed by atoms with Gasteiger partial charge in [0.15, 0.2) is 0 Å². The average Bonchev–Trinajstić information content (AvgIpc) is 2.67. The Morgan fingerprint density at radius 1 is 1.06 bits per heavy atom. The van der Waals surface area contributed by atoms with Gasteiger partial charge in [-0.1, -0.05) is 39.8 Å². The molecule has 1 atom stereocenters. The van der Waals surface area contributed by atoms with Crippen LogP contribution in [0.5, 0.6) is 0 Å². The van der Waals surface area contributed by atoms with Gasteiger partial charge >= 0.3 is 0 Å². The highest BCUT2D eigenvalue weighted by Gasteiger charge is 2.19. The van der Waals surface area contributed by atoms with Crippen LogP contribution in [-0.4, -0.2) is 29.1 Å². The quantitative estimate of drug-likeness (QED) is 0.592. The third kappa shape index (κ3) is 8.47. The molecule has 2 aromatic carbocycles. The Labute approximate surface area is 212 Å². The van der Waals surface area contributed by atoms with Gasteiger partial charge in [0.05, 0.1) is 22.9 Å². The lowest BCUT2D eigenvalue weighted by molar-refractivity contribution is -0.117. The largest absolute Gasteiger partial charge is 0.305 e. The minimum absolute atomic E-state index is 0. The predicted molar refractivity (Wildman–Crippen MR) is 146 cm³/mol. The van der Waals surface area contributed by atoms with E-state index in [1.807, 2.05) is 71.0 Å². The van der Waals surface area contributed by atoms with Gasteiger partial charge < -0.3 is 4.90 Å². The molecule has 0 spiro atoms. The zero-order valence-corrected chi connectivity index (χ0v) is 23.0. The number of carbonyl (C=O) groups excluding carboxylic acids is 1. The zero-order valence-electron chi connectivity index (χ0n) is 20.2. The van der Waals surface area contributed by atoms with Crippen molar-refractivity contribution in [3.63, 3.8) is 0 Å². The molecular formula is C24H36N4O2S3. The Balaban J connectivity index is 0.00000512. The van der Waals surface area contributed by atoms with Crippen LogP contribution >= 0.6 is 27.0 Å².